The number of carbonyl (C=O) groups excluding carboxylic acids is 1. The Hall–Kier alpha value is -3.16. The minimum Gasteiger partial charge on any atom is -0.339 e. The fourth-order valence-corrected chi connectivity index (χ4v) is 3.66. The van der Waals surface area contributed by atoms with Crippen molar-refractivity contribution < 1.29 is 4.79 Å². The van der Waals surface area contributed by atoms with Gasteiger partial charge >= 0.3 is 0 Å². The predicted octanol–water partition coefficient (Wildman–Crippen LogP) is 1.50. The Bertz CT molecular complexity index is 1030. The average Bonchev–Trinajstić information content (AvgIpc) is 3.10. The van der Waals surface area contributed by atoms with Crippen molar-refractivity contribution in [1.82, 2.24) is 24.4 Å². The van der Waals surface area contributed by atoms with Gasteiger partial charge in [-0.1, -0.05) is 37.3 Å². The van der Waals surface area contributed by atoms with Crippen LogP contribution in [0.15, 0.2) is 41.5 Å². The monoisotopic (exact) mass is 380 g/mol. The third-order valence-corrected chi connectivity index (χ3v) is 5.35. The van der Waals surface area contributed by atoms with Gasteiger partial charge in [-0.05, 0) is 11.5 Å². The van der Waals surface area contributed by atoms with E-state index < -0.39 is 0 Å². The molecule has 0 spiro atoms. The fourth-order valence-electron chi connectivity index (χ4n) is 3.66. The number of anilines is 1. The Kier molecular flexibility index (Phi) is 4.85. The number of aromatic amines is 1. The summed E-state index contributed by atoms with van der Waals surface area (Å²) in [6, 6.07) is 10.1. The third kappa shape index (κ3) is 3.49. The van der Waals surface area contributed by atoms with E-state index in [1.54, 1.807) is 17.9 Å². The van der Waals surface area contributed by atoms with Gasteiger partial charge in [0.05, 0.1) is 6.33 Å². The number of amides is 1. The maximum Gasteiger partial charge on any atom is 0.278 e. The molecule has 3 aromatic rings. The highest BCUT2D eigenvalue weighted by Crippen LogP contribution is 2.20. The van der Waals surface area contributed by atoms with Crippen LogP contribution in [0.25, 0.3) is 11.2 Å². The van der Waals surface area contributed by atoms with Gasteiger partial charge in [0.2, 0.25) is 11.9 Å². The summed E-state index contributed by atoms with van der Waals surface area (Å²) in [5, 5.41) is 0. The molecular weight excluding hydrogens is 356 g/mol. The van der Waals surface area contributed by atoms with Crippen LogP contribution in [0.3, 0.4) is 0 Å². The molecule has 8 heteroatoms. The average molecular weight is 380 g/mol. The summed E-state index contributed by atoms with van der Waals surface area (Å²) in [7, 11) is 1.77. The minimum atomic E-state index is -0.199. The first-order valence-electron chi connectivity index (χ1n) is 9.52. The van der Waals surface area contributed by atoms with E-state index in [4.69, 9.17) is 0 Å². The number of fused-ring (bicyclic) bond motifs is 1. The van der Waals surface area contributed by atoms with E-state index in [-0.39, 0.29) is 17.4 Å². The predicted molar refractivity (Wildman–Crippen MR) is 107 cm³/mol. The molecule has 0 aliphatic carbocycles. The zero-order valence-corrected chi connectivity index (χ0v) is 16.1. The van der Waals surface area contributed by atoms with Crippen LogP contribution < -0.4 is 10.5 Å². The molecule has 1 aliphatic rings. The van der Waals surface area contributed by atoms with Gasteiger partial charge < -0.3 is 14.4 Å². The summed E-state index contributed by atoms with van der Waals surface area (Å²) in [6.45, 7) is 4.58. The highest BCUT2D eigenvalue weighted by molar-refractivity contribution is 5.77. The van der Waals surface area contributed by atoms with Crippen molar-refractivity contribution in [2.75, 3.05) is 31.1 Å². The van der Waals surface area contributed by atoms with Crippen molar-refractivity contribution in [3.05, 3.63) is 52.6 Å². The van der Waals surface area contributed by atoms with Crippen molar-refractivity contribution in [1.29, 1.82) is 0 Å². The molecule has 1 aliphatic heterocycles. The van der Waals surface area contributed by atoms with E-state index in [0.717, 1.165) is 0 Å². The SMILES string of the molecule is CC(CC(=O)N1CCN(c2nc3ncn(C)c3c(=O)[nH]2)CC1)c1ccccc1. The van der Waals surface area contributed by atoms with Gasteiger partial charge in [0, 0.05) is 39.6 Å². The Morgan fingerprint density at radius 1 is 1.18 bits per heavy atom. The third-order valence-electron chi connectivity index (χ3n) is 5.35. The Labute approximate surface area is 162 Å². The zero-order chi connectivity index (χ0) is 19.7. The van der Waals surface area contributed by atoms with Crippen molar-refractivity contribution in [3.8, 4) is 0 Å². The number of rotatable bonds is 4. The lowest BCUT2D eigenvalue weighted by Gasteiger charge is -2.35. The topological polar surface area (TPSA) is 87.1 Å². The minimum absolute atomic E-state index is 0.164. The molecular formula is C20H24N6O2. The molecule has 2 aromatic heterocycles. The number of benzene rings is 1. The Balaban J connectivity index is 1.39. The van der Waals surface area contributed by atoms with E-state index in [9.17, 15) is 9.59 Å². The summed E-state index contributed by atoms with van der Waals surface area (Å²) in [5.74, 6) is 0.870. The summed E-state index contributed by atoms with van der Waals surface area (Å²) < 4.78 is 1.66. The Morgan fingerprint density at radius 2 is 1.89 bits per heavy atom. The number of carbonyl (C=O) groups is 1. The molecule has 1 amide bonds. The van der Waals surface area contributed by atoms with Gasteiger partial charge in [0.25, 0.3) is 5.56 Å². The van der Waals surface area contributed by atoms with Gasteiger partial charge in [0.15, 0.2) is 11.2 Å². The summed E-state index contributed by atoms with van der Waals surface area (Å²) in [4.78, 5) is 40.4. The van der Waals surface area contributed by atoms with E-state index in [1.165, 1.54) is 5.56 Å². The molecule has 1 aromatic carbocycles. The number of aromatic nitrogens is 4. The van der Waals surface area contributed by atoms with Crippen LogP contribution in [-0.4, -0.2) is 56.5 Å². The number of piperazine rings is 1. The standard InChI is InChI=1S/C20H24N6O2/c1-14(15-6-4-3-5-7-15)12-16(27)25-8-10-26(11-9-25)20-22-18-17(19(28)23-20)24(2)13-21-18/h3-7,13-14H,8-12H2,1-2H3,(H,22,23,28). The molecule has 146 valence electrons. The van der Waals surface area contributed by atoms with Gasteiger partial charge in [-0.2, -0.15) is 4.98 Å². The number of hydrogen-bond donors (Lipinski definition) is 1. The second-order valence-electron chi connectivity index (χ2n) is 7.30. The van der Waals surface area contributed by atoms with Crippen molar-refractivity contribution >= 4 is 23.0 Å². The fraction of sp³-hybridized carbons (Fsp3) is 0.400. The van der Waals surface area contributed by atoms with Crippen molar-refractivity contribution in [2.24, 2.45) is 7.05 Å². The molecule has 1 atom stereocenters. The summed E-state index contributed by atoms with van der Waals surface area (Å²) in [6.07, 6.45) is 2.08. The quantitative estimate of drug-likeness (QED) is 0.741. The lowest BCUT2D eigenvalue weighted by molar-refractivity contribution is -0.131. The smallest absolute Gasteiger partial charge is 0.278 e. The van der Waals surface area contributed by atoms with Crippen LogP contribution in [0.4, 0.5) is 5.95 Å². The maximum absolute atomic E-state index is 12.7. The molecule has 4 rings (SSSR count). The molecule has 0 bridgehead atoms. The van der Waals surface area contributed by atoms with Crippen LogP contribution in [-0.2, 0) is 11.8 Å². The van der Waals surface area contributed by atoms with Gasteiger partial charge in [0.1, 0.15) is 0 Å². The maximum atomic E-state index is 12.7. The molecule has 1 saturated heterocycles. The molecule has 1 N–H and O–H groups in total. The largest absolute Gasteiger partial charge is 0.339 e. The number of H-pyrrole nitrogens is 1. The normalized spacial score (nSPS) is 15.8. The molecule has 0 radical (unpaired) electrons. The molecule has 28 heavy (non-hydrogen) atoms. The van der Waals surface area contributed by atoms with E-state index in [2.05, 4.69) is 34.0 Å². The molecule has 1 fully saturated rings. The summed E-state index contributed by atoms with van der Waals surface area (Å²) >= 11 is 0. The van der Waals surface area contributed by atoms with E-state index in [1.807, 2.05) is 28.0 Å². The van der Waals surface area contributed by atoms with E-state index >= 15 is 0 Å². The van der Waals surface area contributed by atoms with Crippen molar-refractivity contribution in [3.63, 3.8) is 0 Å². The number of nitrogens with one attached hydrogen (secondary N) is 1. The van der Waals surface area contributed by atoms with Crippen LogP contribution in [0.2, 0.25) is 0 Å². The van der Waals surface area contributed by atoms with E-state index in [0.29, 0.717) is 49.7 Å². The number of imidazole rings is 1. The molecule has 0 saturated carbocycles. The summed E-state index contributed by atoms with van der Waals surface area (Å²) in [5.41, 5.74) is 1.89. The molecule has 1 unspecified atom stereocenters. The lowest BCUT2D eigenvalue weighted by atomic mass is 9.97. The number of nitrogens with zero attached hydrogens (tertiary/aromatic N) is 5. The van der Waals surface area contributed by atoms with Gasteiger partial charge in [-0.3, -0.25) is 14.6 Å². The highest BCUT2D eigenvalue weighted by Gasteiger charge is 2.24. The Morgan fingerprint density at radius 3 is 2.61 bits per heavy atom. The molecule has 8 nitrogen and oxygen atoms in total. The molecule has 3 heterocycles. The number of aryl methyl sites for hydroxylation is 1. The first kappa shape index (κ1) is 18.2. The zero-order valence-electron chi connectivity index (χ0n) is 16.1. The van der Waals surface area contributed by atoms with Crippen LogP contribution in [0.1, 0.15) is 24.8 Å². The van der Waals surface area contributed by atoms with Gasteiger partial charge in [-0.15, -0.1) is 0 Å². The second-order valence-corrected chi connectivity index (χ2v) is 7.30. The first-order valence-corrected chi connectivity index (χ1v) is 9.52. The van der Waals surface area contributed by atoms with Crippen LogP contribution >= 0.6 is 0 Å². The first-order chi connectivity index (χ1) is 13.5. The van der Waals surface area contributed by atoms with Crippen LogP contribution in [0.5, 0.6) is 0 Å². The van der Waals surface area contributed by atoms with Crippen LogP contribution in [0, 0.1) is 0 Å². The van der Waals surface area contributed by atoms with Gasteiger partial charge in [-0.25, -0.2) is 4.98 Å². The number of hydrogen-bond acceptors (Lipinski definition) is 5. The van der Waals surface area contributed by atoms with Crippen molar-refractivity contribution in [2.45, 2.75) is 19.3 Å². The highest BCUT2D eigenvalue weighted by atomic mass is 16.2. The lowest BCUT2D eigenvalue weighted by Crippen LogP contribution is -2.49. The second kappa shape index (κ2) is 7.46.